The van der Waals surface area contributed by atoms with Crippen molar-refractivity contribution in [3.8, 4) is 11.3 Å². The fourth-order valence-electron chi connectivity index (χ4n) is 5.85. The van der Waals surface area contributed by atoms with Gasteiger partial charge < -0.3 is 25.7 Å². The summed E-state index contributed by atoms with van der Waals surface area (Å²) in [6.07, 6.45) is -3.20. The van der Waals surface area contributed by atoms with E-state index in [-0.39, 0.29) is 41.4 Å². The van der Waals surface area contributed by atoms with Crippen molar-refractivity contribution in [2.24, 2.45) is 5.73 Å². The molecule has 5 rings (SSSR count). The van der Waals surface area contributed by atoms with Crippen LogP contribution in [0.3, 0.4) is 0 Å². The molecule has 0 bridgehead atoms. The number of rotatable bonds is 6. The second-order valence-corrected chi connectivity index (χ2v) is 11.2. The third-order valence-corrected chi connectivity index (χ3v) is 8.12. The zero-order valence-electron chi connectivity index (χ0n) is 23.1. The van der Waals surface area contributed by atoms with Gasteiger partial charge in [0.2, 0.25) is 11.8 Å². The van der Waals surface area contributed by atoms with E-state index in [0.29, 0.717) is 30.3 Å². The fourth-order valence-corrected chi connectivity index (χ4v) is 5.85. The lowest BCUT2D eigenvalue weighted by molar-refractivity contribution is -0.167. The van der Waals surface area contributed by atoms with Gasteiger partial charge in [0, 0.05) is 23.2 Å². The van der Waals surface area contributed by atoms with Crippen LogP contribution in [-0.4, -0.2) is 58.4 Å². The highest BCUT2D eigenvalue weighted by molar-refractivity contribution is 5.91. The summed E-state index contributed by atoms with van der Waals surface area (Å²) in [5, 5.41) is 3.54. The molecule has 3 heterocycles. The lowest BCUT2D eigenvalue weighted by Crippen LogP contribution is -2.51. The van der Waals surface area contributed by atoms with E-state index in [1.807, 2.05) is 0 Å². The number of fused-ring (bicyclic) bond motifs is 1. The summed E-state index contributed by atoms with van der Waals surface area (Å²) < 4.78 is 46.5. The van der Waals surface area contributed by atoms with Crippen LogP contribution in [0.4, 0.5) is 13.2 Å². The molecule has 2 saturated heterocycles. The number of carbonyl (C=O) groups is 3. The van der Waals surface area contributed by atoms with E-state index in [1.54, 1.807) is 32.0 Å². The van der Waals surface area contributed by atoms with Crippen molar-refractivity contribution in [3.05, 3.63) is 70.0 Å². The largest absolute Gasteiger partial charge is 0.456 e. The molecule has 2 aliphatic rings. The minimum Gasteiger partial charge on any atom is -0.456 e. The first-order valence-corrected chi connectivity index (χ1v) is 13.7. The molecule has 0 radical (unpaired) electrons. The van der Waals surface area contributed by atoms with Crippen LogP contribution in [0.25, 0.3) is 22.0 Å². The third kappa shape index (κ3) is 5.50. The summed E-state index contributed by atoms with van der Waals surface area (Å²) in [7, 11) is 0. The van der Waals surface area contributed by atoms with Crippen LogP contribution in [0.15, 0.2) is 53.3 Å². The Balaban J connectivity index is 1.36. The van der Waals surface area contributed by atoms with Gasteiger partial charge in [-0.05, 0) is 62.3 Å². The zero-order valence-corrected chi connectivity index (χ0v) is 23.1. The van der Waals surface area contributed by atoms with Crippen molar-refractivity contribution in [3.63, 3.8) is 0 Å². The molecule has 12 heteroatoms. The van der Waals surface area contributed by atoms with Crippen molar-refractivity contribution in [2.45, 2.75) is 62.9 Å². The van der Waals surface area contributed by atoms with Gasteiger partial charge in [0.15, 0.2) is 0 Å². The van der Waals surface area contributed by atoms with Gasteiger partial charge in [-0.2, -0.15) is 13.2 Å². The first kappa shape index (κ1) is 29.3. The maximum Gasteiger partial charge on any atom is 0.417 e. The number of carbonyl (C=O) groups excluding carboxylic acids is 3. The number of amides is 2. The van der Waals surface area contributed by atoms with Gasteiger partial charge in [0.1, 0.15) is 11.6 Å². The maximum absolute atomic E-state index is 13.6. The van der Waals surface area contributed by atoms with Gasteiger partial charge in [0.05, 0.1) is 24.1 Å². The molecule has 3 atom stereocenters. The van der Waals surface area contributed by atoms with Gasteiger partial charge in [-0.3, -0.25) is 14.4 Å². The number of nitrogens with zero attached hydrogens (tertiary/aromatic N) is 1. The Labute approximate surface area is 239 Å². The number of nitrogens with two attached hydrogens (primary N) is 1. The maximum atomic E-state index is 13.6. The van der Waals surface area contributed by atoms with Gasteiger partial charge in [0.25, 0.3) is 5.56 Å². The van der Waals surface area contributed by atoms with E-state index in [9.17, 15) is 32.3 Å². The summed E-state index contributed by atoms with van der Waals surface area (Å²) in [6.45, 7) is 3.60. The monoisotopic (exact) mass is 584 g/mol. The van der Waals surface area contributed by atoms with E-state index in [4.69, 9.17) is 10.5 Å². The number of ether oxygens (including phenoxy) is 1. The first-order valence-electron chi connectivity index (χ1n) is 13.7. The second kappa shape index (κ2) is 10.9. The van der Waals surface area contributed by atoms with Crippen molar-refractivity contribution in [1.29, 1.82) is 0 Å². The lowest BCUT2D eigenvalue weighted by Gasteiger charge is -2.33. The third-order valence-electron chi connectivity index (χ3n) is 8.12. The number of H-pyrrole nitrogens is 1. The number of halogens is 3. The molecule has 1 aromatic heterocycles. The quantitative estimate of drug-likeness (QED) is 0.380. The number of likely N-dealkylation sites (tertiary alicyclic amines) is 1. The Hall–Kier alpha value is -4.19. The summed E-state index contributed by atoms with van der Waals surface area (Å²) in [5.74, 6) is -1.85. The van der Waals surface area contributed by atoms with Crippen LogP contribution in [0.5, 0.6) is 0 Å². The van der Waals surface area contributed by atoms with E-state index in [2.05, 4.69) is 10.3 Å². The Morgan fingerprint density at radius 3 is 2.55 bits per heavy atom. The average Bonchev–Trinajstić information content (AvgIpc) is 3.59. The number of hydrogen-bond donors (Lipinski definition) is 3. The van der Waals surface area contributed by atoms with Gasteiger partial charge in [-0.25, -0.2) is 4.79 Å². The Bertz CT molecular complexity index is 1620. The molecule has 0 saturated carbocycles. The number of esters is 1. The number of nitrogens with one attached hydrogen (secondary N) is 2. The molecular formula is C30H31F3N4O5. The summed E-state index contributed by atoms with van der Waals surface area (Å²) in [4.78, 5) is 55.2. The number of hydrogen-bond acceptors (Lipinski definition) is 6. The van der Waals surface area contributed by atoms with Crippen molar-refractivity contribution in [1.82, 2.24) is 15.2 Å². The van der Waals surface area contributed by atoms with Crippen LogP contribution in [0.1, 0.15) is 50.2 Å². The number of aromatic nitrogens is 1. The van der Waals surface area contributed by atoms with Crippen molar-refractivity contribution >= 4 is 28.6 Å². The second-order valence-electron chi connectivity index (χ2n) is 11.2. The normalized spacial score (nSPS) is 21.0. The van der Waals surface area contributed by atoms with Crippen molar-refractivity contribution in [2.75, 3.05) is 13.1 Å². The van der Waals surface area contributed by atoms with E-state index in [1.165, 1.54) is 29.2 Å². The first-order chi connectivity index (χ1) is 19.8. The van der Waals surface area contributed by atoms with Crippen LogP contribution in [-0.2, 0) is 25.3 Å². The molecular weight excluding hydrogens is 553 g/mol. The highest BCUT2D eigenvalue weighted by atomic mass is 19.4. The van der Waals surface area contributed by atoms with E-state index in [0.717, 1.165) is 6.07 Å². The van der Waals surface area contributed by atoms with Crippen LogP contribution >= 0.6 is 0 Å². The average molecular weight is 585 g/mol. The molecule has 1 unspecified atom stereocenters. The molecule has 2 amide bonds. The number of alkyl halides is 3. The van der Waals surface area contributed by atoms with Crippen LogP contribution in [0, 0.1) is 0 Å². The van der Waals surface area contributed by atoms with E-state index >= 15 is 0 Å². The Morgan fingerprint density at radius 1 is 1.10 bits per heavy atom. The van der Waals surface area contributed by atoms with Crippen molar-refractivity contribution < 1.29 is 32.3 Å². The molecule has 4 N–H and O–H groups in total. The summed E-state index contributed by atoms with van der Waals surface area (Å²) in [6, 6.07) is 10.0. The highest BCUT2D eigenvalue weighted by Crippen LogP contribution is 2.38. The minimum absolute atomic E-state index is 0.0319. The highest BCUT2D eigenvalue weighted by Gasteiger charge is 2.45. The zero-order chi connectivity index (χ0) is 30.4. The van der Waals surface area contributed by atoms with Gasteiger partial charge in [-0.1, -0.05) is 30.3 Å². The van der Waals surface area contributed by atoms with Gasteiger partial charge in [-0.15, -0.1) is 0 Å². The molecule has 3 aromatic rings. The number of aromatic amines is 1. The Morgan fingerprint density at radius 2 is 1.83 bits per heavy atom. The minimum atomic E-state index is -4.60. The molecule has 2 fully saturated rings. The van der Waals surface area contributed by atoms with Gasteiger partial charge >= 0.3 is 12.1 Å². The molecule has 42 heavy (non-hydrogen) atoms. The molecule has 0 aliphatic carbocycles. The van der Waals surface area contributed by atoms with E-state index < -0.39 is 46.9 Å². The predicted molar refractivity (Wildman–Crippen MR) is 148 cm³/mol. The number of pyridine rings is 1. The predicted octanol–water partition coefficient (Wildman–Crippen LogP) is 3.46. The summed E-state index contributed by atoms with van der Waals surface area (Å²) >= 11 is 0. The molecule has 2 aliphatic heterocycles. The molecule has 0 spiro atoms. The standard InChI is InChI=1S/C30H31F3N4O5/c1-29(2,42-28(41)23-8-5-11-37(23)25(38)15-34)24-14-20(27(40)36-24)16-9-10-17-13-22(35-26(39)19(17)12-16)18-6-3-4-7-21(18)30(31,32)33/h3-4,6-7,9-10,12-13,20,23-24H,5,8,11,14-15,34H2,1-2H3,(H,35,39)(H,36,40)/t20-,23-,24?/m0/s1. The Kier molecular flexibility index (Phi) is 7.61. The molecule has 9 nitrogen and oxygen atoms in total. The topological polar surface area (TPSA) is 135 Å². The smallest absolute Gasteiger partial charge is 0.417 e. The number of benzene rings is 2. The molecule has 2 aromatic carbocycles. The fraction of sp³-hybridized carbons (Fsp3) is 0.400. The SMILES string of the molecule is CC(C)(OC(=O)[C@@H]1CCCN1C(=O)CN)C1C[C@@H](c2ccc3cc(-c4ccccc4C(F)(F)F)[nH]c(=O)c3c2)C(=O)N1. The van der Waals surface area contributed by atoms with Crippen LogP contribution < -0.4 is 16.6 Å². The van der Waals surface area contributed by atoms with Crippen LogP contribution in [0.2, 0.25) is 0 Å². The summed E-state index contributed by atoms with van der Waals surface area (Å²) in [5.41, 5.74) is 3.37. The lowest BCUT2D eigenvalue weighted by atomic mass is 9.89. The molecule has 222 valence electrons.